The average Bonchev–Trinajstić information content (AvgIpc) is 2.08. The Morgan fingerprint density at radius 2 is 1.73 bits per heavy atom. The van der Waals surface area contributed by atoms with Gasteiger partial charge < -0.3 is 10.2 Å². The van der Waals surface area contributed by atoms with Crippen molar-refractivity contribution in [1.82, 2.24) is 0 Å². The summed E-state index contributed by atoms with van der Waals surface area (Å²) in [6, 6.07) is 0. The summed E-state index contributed by atoms with van der Waals surface area (Å²) in [5.74, 6) is 0.628. The van der Waals surface area contributed by atoms with E-state index in [1.165, 1.54) is 39.0 Å². The molecule has 2 nitrogen and oxygen atoms in total. The van der Waals surface area contributed by atoms with Crippen molar-refractivity contribution in [2.45, 2.75) is 39.0 Å². The maximum atomic E-state index is 8.81. The van der Waals surface area contributed by atoms with E-state index in [2.05, 4.69) is 0 Å². The molecular weight excluding hydrogens is 138 g/mol. The molecule has 11 heavy (non-hydrogen) atoms. The summed E-state index contributed by atoms with van der Waals surface area (Å²) in [7, 11) is 0. The third-order valence-corrected chi connectivity index (χ3v) is 1.89. The molecule has 0 radical (unpaired) electrons. The molecule has 64 valence electrons. The SMILES string of the molecule is CC=O.N=CC1CCCCC1. The van der Waals surface area contributed by atoms with Crippen LogP contribution in [0.3, 0.4) is 0 Å². The Balaban J connectivity index is 0.000000292. The summed E-state index contributed by atoms with van der Waals surface area (Å²) in [6.45, 7) is 1.44. The van der Waals surface area contributed by atoms with E-state index in [1.54, 1.807) is 6.21 Å². The first-order valence-corrected chi connectivity index (χ1v) is 4.25. The standard InChI is InChI=1S/C7H13N.C2H4O/c8-6-7-4-2-1-3-5-7;1-2-3/h6-8H,1-5H2;2H,1H3. The summed E-state index contributed by atoms with van der Waals surface area (Å²) in [4.78, 5) is 8.81. The second-order valence-electron chi connectivity index (χ2n) is 2.80. The molecule has 1 aliphatic rings. The van der Waals surface area contributed by atoms with Crippen LogP contribution in [0.5, 0.6) is 0 Å². The molecule has 0 bridgehead atoms. The Hall–Kier alpha value is -0.660. The topological polar surface area (TPSA) is 40.9 Å². The van der Waals surface area contributed by atoms with Crippen molar-refractivity contribution >= 4 is 12.5 Å². The molecule has 1 aliphatic carbocycles. The number of nitrogens with one attached hydrogen (secondary N) is 1. The third-order valence-electron chi connectivity index (χ3n) is 1.89. The lowest BCUT2D eigenvalue weighted by Crippen LogP contribution is -2.05. The first kappa shape index (κ1) is 10.3. The predicted octanol–water partition coefficient (Wildman–Crippen LogP) is 2.42. The van der Waals surface area contributed by atoms with Crippen molar-refractivity contribution in [2.75, 3.05) is 0 Å². The van der Waals surface area contributed by atoms with Crippen molar-refractivity contribution in [3.8, 4) is 0 Å². The third kappa shape index (κ3) is 5.77. The van der Waals surface area contributed by atoms with Gasteiger partial charge in [-0.2, -0.15) is 0 Å². The first-order chi connectivity index (χ1) is 5.35. The monoisotopic (exact) mass is 155 g/mol. The van der Waals surface area contributed by atoms with E-state index in [9.17, 15) is 0 Å². The lowest BCUT2D eigenvalue weighted by Gasteiger charge is -2.15. The summed E-state index contributed by atoms with van der Waals surface area (Å²) in [5, 5.41) is 6.97. The molecule has 0 aliphatic heterocycles. The number of hydrogen-bond donors (Lipinski definition) is 1. The van der Waals surface area contributed by atoms with Crippen molar-refractivity contribution in [3.05, 3.63) is 0 Å². The quantitative estimate of drug-likeness (QED) is 0.458. The Morgan fingerprint density at radius 3 is 2.00 bits per heavy atom. The van der Waals surface area contributed by atoms with Crippen molar-refractivity contribution in [2.24, 2.45) is 5.92 Å². The minimum atomic E-state index is 0.628. The molecule has 0 aromatic heterocycles. The Labute approximate surface area is 68.5 Å². The summed E-state index contributed by atoms with van der Waals surface area (Å²) in [6.07, 6.45) is 8.98. The fraction of sp³-hybridized carbons (Fsp3) is 0.778. The van der Waals surface area contributed by atoms with E-state index in [1.807, 2.05) is 0 Å². The van der Waals surface area contributed by atoms with Crippen LogP contribution in [0, 0.1) is 11.3 Å². The van der Waals surface area contributed by atoms with Gasteiger partial charge in [0, 0.05) is 0 Å². The van der Waals surface area contributed by atoms with Crippen molar-refractivity contribution in [3.63, 3.8) is 0 Å². The van der Waals surface area contributed by atoms with Crippen LogP contribution in [-0.4, -0.2) is 12.5 Å². The highest BCUT2D eigenvalue weighted by atomic mass is 16.1. The second kappa shape index (κ2) is 7.45. The molecule has 1 N–H and O–H groups in total. The number of hydrogen-bond acceptors (Lipinski definition) is 2. The molecule has 1 fully saturated rings. The smallest absolute Gasteiger partial charge is 0.116 e. The highest BCUT2D eigenvalue weighted by molar-refractivity contribution is 5.56. The van der Waals surface area contributed by atoms with Crippen LogP contribution in [0.1, 0.15) is 39.0 Å². The zero-order chi connectivity index (χ0) is 8.53. The Bertz CT molecular complexity index is 106. The minimum absolute atomic E-state index is 0.628. The molecule has 0 saturated heterocycles. The maximum Gasteiger partial charge on any atom is 0.116 e. The van der Waals surface area contributed by atoms with Gasteiger partial charge in [-0.1, -0.05) is 19.3 Å². The highest BCUT2D eigenvalue weighted by Gasteiger charge is 2.08. The van der Waals surface area contributed by atoms with Crippen molar-refractivity contribution in [1.29, 1.82) is 5.41 Å². The van der Waals surface area contributed by atoms with Crippen LogP contribution in [0.2, 0.25) is 0 Å². The Kier molecular flexibility index (Phi) is 7.00. The maximum absolute atomic E-state index is 8.81. The number of carbonyl (C=O) groups excluding carboxylic acids is 1. The molecule has 2 heteroatoms. The van der Waals surface area contributed by atoms with Gasteiger partial charge in [-0.15, -0.1) is 0 Å². The van der Waals surface area contributed by atoms with Gasteiger partial charge in [0.25, 0.3) is 0 Å². The van der Waals surface area contributed by atoms with Gasteiger partial charge in [-0.25, -0.2) is 0 Å². The van der Waals surface area contributed by atoms with E-state index in [4.69, 9.17) is 10.2 Å². The van der Waals surface area contributed by atoms with Crippen molar-refractivity contribution < 1.29 is 4.79 Å². The molecule has 0 aromatic rings. The first-order valence-electron chi connectivity index (χ1n) is 4.25. The van der Waals surface area contributed by atoms with Gasteiger partial charge in [0.15, 0.2) is 0 Å². The van der Waals surface area contributed by atoms with Gasteiger partial charge in [0.1, 0.15) is 6.29 Å². The van der Waals surface area contributed by atoms with Crippen LogP contribution >= 0.6 is 0 Å². The highest BCUT2D eigenvalue weighted by Crippen LogP contribution is 2.21. The fourth-order valence-corrected chi connectivity index (χ4v) is 1.30. The van der Waals surface area contributed by atoms with Gasteiger partial charge in [0.2, 0.25) is 0 Å². The molecule has 0 aromatic carbocycles. The zero-order valence-corrected chi connectivity index (χ0v) is 7.18. The molecule has 0 atom stereocenters. The zero-order valence-electron chi connectivity index (χ0n) is 7.18. The van der Waals surface area contributed by atoms with Crippen LogP contribution in [0.25, 0.3) is 0 Å². The van der Waals surface area contributed by atoms with E-state index < -0.39 is 0 Å². The van der Waals surface area contributed by atoms with Crippen LogP contribution in [-0.2, 0) is 4.79 Å². The van der Waals surface area contributed by atoms with Gasteiger partial charge in [-0.3, -0.25) is 0 Å². The van der Waals surface area contributed by atoms with E-state index in [-0.39, 0.29) is 0 Å². The van der Waals surface area contributed by atoms with E-state index in [0.29, 0.717) is 5.92 Å². The molecule has 1 saturated carbocycles. The van der Waals surface area contributed by atoms with Crippen LogP contribution in [0.4, 0.5) is 0 Å². The lowest BCUT2D eigenvalue weighted by atomic mass is 9.90. The molecule has 0 unspecified atom stereocenters. The second-order valence-corrected chi connectivity index (χ2v) is 2.80. The predicted molar refractivity (Wildman–Crippen MR) is 47.1 cm³/mol. The largest absolute Gasteiger partial charge is 0.313 e. The molecule has 1 rings (SSSR count). The number of aldehydes is 1. The summed E-state index contributed by atoms with van der Waals surface area (Å²) < 4.78 is 0. The number of carbonyl (C=O) groups is 1. The van der Waals surface area contributed by atoms with E-state index in [0.717, 1.165) is 6.29 Å². The summed E-state index contributed by atoms with van der Waals surface area (Å²) in [5.41, 5.74) is 0. The molecular formula is C9H17NO. The Morgan fingerprint density at radius 1 is 1.27 bits per heavy atom. The van der Waals surface area contributed by atoms with Gasteiger partial charge in [0.05, 0.1) is 0 Å². The van der Waals surface area contributed by atoms with Gasteiger partial charge >= 0.3 is 0 Å². The number of rotatable bonds is 1. The molecule has 0 heterocycles. The lowest BCUT2D eigenvalue weighted by molar-refractivity contribution is -0.106. The molecule has 0 spiro atoms. The van der Waals surface area contributed by atoms with Crippen LogP contribution < -0.4 is 0 Å². The molecule has 0 amide bonds. The van der Waals surface area contributed by atoms with Gasteiger partial charge in [-0.05, 0) is 31.9 Å². The normalized spacial score (nSPS) is 17.9. The fourth-order valence-electron chi connectivity index (χ4n) is 1.30. The minimum Gasteiger partial charge on any atom is -0.313 e. The average molecular weight is 155 g/mol. The van der Waals surface area contributed by atoms with E-state index >= 15 is 0 Å². The van der Waals surface area contributed by atoms with Crippen LogP contribution in [0.15, 0.2) is 0 Å². The summed E-state index contributed by atoms with van der Waals surface area (Å²) >= 11 is 0.